The van der Waals surface area contributed by atoms with Gasteiger partial charge in [-0.15, -0.1) is 0 Å². The average molecular weight is 358 g/mol. The minimum Gasteiger partial charge on any atom is -0.461 e. The topological polar surface area (TPSA) is 56.5 Å². The summed E-state index contributed by atoms with van der Waals surface area (Å²) in [5.74, 6) is -0.322. The molecule has 0 amide bonds. The lowest BCUT2D eigenvalue weighted by atomic mass is 10.1. The first kappa shape index (κ1) is 17.0. The molecule has 134 valence electrons. The van der Waals surface area contributed by atoms with E-state index < -0.39 is 5.63 Å². The number of carbonyl (C=O) groups is 1. The van der Waals surface area contributed by atoms with Gasteiger partial charge in [0.25, 0.3) is 0 Å². The molecule has 0 saturated heterocycles. The summed E-state index contributed by atoms with van der Waals surface area (Å²) in [7, 11) is 0. The fourth-order valence-electron chi connectivity index (χ4n) is 3.27. The molecule has 1 aromatic heterocycles. The normalized spacial score (nSPS) is 11.0. The second kappa shape index (κ2) is 7.08. The Balaban J connectivity index is 1.49. The minimum atomic E-state index is -0.393. The van der Waals surface area contributed by atoms with E-state index in [0.717, 1.165) is 32.8 Å². The van der Waals surface area contributed by atoms with Gasteiger partial charge in [-0.05, 0) is 40.5 Å². The molecule has 0 aliphatic rings. The predicted molar refractivity (Wildman–Crippen MR) is 105 cm³/mol. The highest BCUT2D eigenvalue weighted by Crippen LogP contribution is 2.20. The second-order valence-corrected chi connectivity index (χ2v) is 6.55. The highest BCUT2D eigenvalue weighted by Gasteiger charge is 2.09. The van der Waals surface area contributed by atoms with Gasteiger partial charge in [0.2, 0.25) is 0 Å². The maximum atomic E-state index is 12.3. The van der Waals surface area contributed by atoms with Gasteiger partial charge >= 0.3 is 11.6 Å². The van der Waals surface area contributed by atoms with Crippen LogP contribution in [0.15, 0.2) is 75.9 Å². The maximum Gasteiger partial charge on any atom is 0.336 e. The van der Waals surface area contributed by atoms with Crippen LogP contribution in [0.5, 0.6) is 0 Å². The Morgan fingerprint density at radius 3 is 2.67 bits per heavy atom. The molecule has 27 heavy (non-hydrogen) atoms. The molecule has 4 rings (SSSR count). The van der Waals surface area contributed by atoms with Crippen molar-refractivity contribution < 1.29 is 13.9 Å². The molecule has 0 aliphatic carbocycles. The quantitative estimate of drug-likeness (QED) is 0.397. The fraction of sp³-hybridized carbons (Fsp3) is 0.130. The van der Waals surface area contributed by atoms with Gasteiger partial charge in [0, 0.05) is 11.5 Å². The van der Waals surface area contributed by atoms with Crippen LogP contribution in [0.25, 0.3) is 21.7 Å². The molecule has 0 atom stereocenters. The van der Waals surface area contributed by atoms with Gasteiger partial charge in [-0.2, -0.15) is 0 Å². The first-order valence-electron chi connectivity index (χ1n) is 8.76. The van der Waals surface area contributed by atoms with Crippen LogP contribution in [0.3, 0.4) is 0 Å². The third-order valence-electron chi connectivity index (χ3n) is 4.63. The number of aryl methyl sites for hydroxylation is 1. The monoisotopic (exact) mass is 358 g/mol. The lowest BCUT2D eigenvalue weighted by molar-refractivity contribution is -0.144. The molecule has 0 fully saturated rings. The van der Waals surface area contributed by atoms with Crippen LogP contribution in [0, 0.1) is 6.92 Å². The van der Waals surface area contributed by atoms with Crippen molar-refractivity contribution in [2.45, 2.75) is 20.0 Å². The highest BCUT2D eigenvalue weighted by atomic mass is 16.5. The van der Waals surface area contributed by atoms with E-state index in [1.165, 1.54) is 6.07 Å². The molecule has 0 spiro atoms. The number of benzene rings is 3. The molecular weight excluding hydrogens is 340 g/mol. The largest absolute Gasteiger partial charge is 0.461 e. The van der Waals surface area contributed by atoms with Crippen molar-refractivity contribution in [1.82, 2.24) is 0 Å². The van der Waals surface area contributed by atoms with Crippen LogP contribution in [-0.2, 0) is 22.6 Å². The van der Waals surface area contributed by atoms with Crippen LogP contribution in [0.4, 0.5) is 0 Å². The molecule has 4 aromatic rings. The molecule has 1 heterocycles. The Morgan fingerprint density at radius 2 is 1.78 bits per heavy atom. The minimum absolute atomic E-state index is 0.123. The van der Waals surface area contributed by atoms with Crippen LogP contribution >= 0.6 is 0 Å². The first-order chi connectivity index (χ1) is 13.1. The fourth-order valence-corrected chi connectivity index (χ4v) is 3.27. The van der Waals surface area contributed by atoms with Crippen molar-refractivity contribution in [2.24, 2.45) is 0 Å². The summed E-state index contributed by atoms with van der Waals surface area (Å²) in [5, 5.41) is 3.06. The Labute approximate surface area is 156 Å². The summed E-state index contributed by atoms with van der Waals surface area (Å²) < 4.78 is 10.7. The summed E-state index contributed by atoms with van der Waals surface area (Å²) in [6, 6.07) is 20.9. The third-order valence-corrected chi connectivity index (χ3v) is 4.63. The van der Waals surface area contributed by atoms with Gasteiger partial charge in [0.1, 0.15) is 12.2 Å². The van der Waals surface area contributed by atoms with Gasteiger partial charge in [-0.1, -0.05) is 54.6 Å². The standard InChI is InChI=1S/C23H18O4/c1-15-11-23(25)27-21-12-16(9-10-19(15)21)13-22(24)26-14-18-7-4-6-17-5-2-3-8-20(17)18/h2-12H,13-14H2,1H3. The lowest BCUT2D eigenvalue weighted by Crippen LogP contribution is -2.08. The smallest absolute Gasteiger partial charge is 0.336 e. The maximum absolute atomic E-state index is 12.3. The Kier molecular flexibility index (Phi) is 4.47. The van der Waals surface area contributed by atoms with E-state index >= 15 is 0 Å². The van der Waals surface area contributed by atoms with Crippen molar-refractivity contribution in [3.63, 3.8) is 0 Å². The number of fused-ring (bicyclic) bond motifs is 2. The summed E-state index contributed by atoms with van der Waals surface area (Å²) in [4.78, 5) is 23.8. The highest BCUT2D eigenvalue weighted by molar-refractivity contribution is 5.86. The Morgan fingerprint density at radius 1 is 0.963 bits per heavy atom. The van der Waals surface area contributed by atoms with Crippen molar-refractivity contribution in [3.05, 3.63) is 93.8 Å². The molecule has 0 bridgehead atoms. The third kappa shape index (κ3) is 3.60. The number of hydrogen-bond donors (Lipinski definition) is 0. The van der Waals surface area contributed by atoms with Crippen molar-refractivity contribution in [3.8, 4) is 0 Å². The summed E-state index contributed by atoms with van der Waals surface area (Å²) in [6.45, 7) is 2.08. The van der Waals surface area contributed by atoms with Crippen molar-refractivity contribution >= 4 is 27.7 Å². The van der Waals surface area contributed by atoms with E-state index in [1.54, 1.807) is 6.07 Å². The summed E-state index contributed by atoms with van der Waals surface area (Å²) in [6.07, 6.45) is 0.123. The molecule has 0 unspecified atom stereocenters. The van der Waals surface area contributed by atoms with E-state index in [2.05, 4.69) is 0 Å². The van der Waals surface area contributed by atoms with E-state index in [0.29, 0.717) is 5.58 Å². The molecule has 0 radical (unpaired) electrons. The van der Waals surface area contributed by atoms with E-state index in [9.17, 15) is 9.59 Å². The zero-order chi connectivity index (χ0) is 18.8. The van der Waals surface area contributed by atoms with Gasteiger partial charge in [-0.25, -0.2) is 4.79 Å². The molecule has 0 N–H and O–H groups in total. The molecule has 4 nitrogen and oxygen atoms in total. The SMILES string of the molecule is Cc1cc(=O)oc2cc(CC(=O)OCc3cccc4ccccc34)ccc12. The van der Waals surface area contributed by atoms with E-state index in [1.807, 2.05) is 61.5 Å². The predicted octanol–water partition coefficient (Wildman–Crippen LogP) is 4.54. The molecule has 3 aromatic carbocycles. The lowest BCUT2D eigenvalue weighted by Gasteiger charge is -2.09. The number of esters is 1. The number of carbonyl (C=O) groups excluding carboxylic acids is 1. The second-order valence-electron chi connectivity index (χ2n) is 6.55. The van der Waals surface area contributed by atoms with Crippen LogP contribution in [0.1, 0.15) is 16.7 Å². The van der Waals surface area contributed by atoms with Crippen molar-refractivity contribution in [1.29, 1.82) is 0 Å². The Hall–Kier alpha value is -3.40. The zero-order valence-corrected chi connectivity index (χ0v) is 14.9. The first-order valence-corrected chi connectivity index (χ1v) is 8.76. The number of rotatable bonds is 4. The Bertz CT molecular complexity index is 1200. The van der Waals surface area contributed by atoms with Gasteiger partial charge in [-0.3, -0.25) is 4.79 Å². The average Bonchev–Trinajstić information content (AvgIpc) is 2.66. The van der Waals surface area contributed by atoms with Crippen LogP contribution < -0.4 is 5.63 Å². The summed E-state index contributed by atoms with van der Waals surface area (Å²) in [5.41, 5.74) is 2.67. The van der Waals surface area contributed by atoms with E-state index in [4.69, 9.17) is 9.15 Å². The number of ether oxygens (including phenoxy) is 1. The molecule has 4 heteroatoms. The van der Waals surface area contributed by atoms with Gasteiger partial charge in [0.05, 0.1) is 6.42 Å². The van der Waals surface area contributed by atoms with Crippen LogP contribution in [0.2, 0.25) is 0 Å². The van der Waals surface area contributed by atoms with Crippen LogP contribution in [-0.4, -0.2) is 5.97 Å². The number of hydrogen-bond acceptors (Lipinski definition) is 4. The van der Waals surface area contributed by atoms with Gasteiger partial charge < -0.3 is 9.15 Å². The zero-order valence-electron chi connectivity index (χ0n) is 14.9. The van der Waals surface area contributed by atoms with Crippen molar-refractivity contribution in [2.75, 3.05) is 0 Å². The molecule has 0 saturated carbocycles. The van der Waals surface area contributed by atoms with E-state index in [-0.39, 0.29) is 19.0 Å². The molecule has 0 aliphatic heterocycles. The van der Waals surface area contributed by atoms with Gasteiger partial charge in [0.15, 0.2) is 0 Å². The molecular formula is C23H18O4. The summed E-state index contributed by atoms with van der Waals surface area (Å²) >= 11 is 0.